The van der Waals surface area contributed by atoms with Crippen LogP contribution in [-0.2, 0) is 9.05 Å². The number of hydrogen-bond acceptors (Lipinski definition) is 5. The monoisotopic (exact) mass is 267 g/mol. The largest absolute Gasteiger partial charge is 0.298 e. The van der Waals surface area contributed by atoms with Gasteiger partial charge in [-0.3, -0.25) is 14.9 Å². The molecule has 1 rings (SSSR count). The van der Waals surface area contributed by atoms with Crippen molar-refractivity contribution in [2.24, 2.45) is 0 Å². The van der Waals surface area contributed by atoms with Gasteiger partial charge in [-0.2, -0.15) is 0 Å². The number of aldehydes is 1. The number of nitrogens with zero attached hydrogens (tertiary/aromatic N) is 1. The average Bonchev–Trinajstić information content (AvgIpc) is 2.14. The van der Waals surface area contributed by atoms with Crippen LogP contribution in [0.2, 0.25) is 0 Å². The molecule has 0 fully saturated rings. The molecule has 0 aromatic heterocycles. The summed E-state index contributed by atoms with van der Waals surface area (Å²) < 4.78 is 35.0. The van der Waals surface area contributed by atoms with E-state index in [0.717, 1.165) is 0 Å². The minimum Gasteiger partial charge on any atom is -0.298 e. The van der Waals surface area contributed by atoms with Crippen LogP contribution in [0, 0.1) is 15.9 Å². The second kappa shape index (κ2) is 4.14. The Bertz CT molecular complexity index is 570. The molecule has 1 aromatic rings. The normalized spacial score (nSPS) is 11.1. The molecule has 0 heterocycles. The van der Waals surface area contributed by atoms with Crippen LogP contribution in [0.15, 0.2) is 17.0 Å². The molecule has 0 N–H and O–H groups in total. The van der Waals surface area contributed by atoms with Crippen LogP contribution in [0.1, 0.15) is 10.4 Å². The molecule has 0 radical (unpaired) electrons. The topological polar surface area (TPSA) is 94.3 Å². The predicted octanol–water partition coefficient (Wildman–Crippen LogP) is 1.47. The van der Waals surface area contributed by atoms with Gasteiger partial charge in [-0.05, 0) is 6.07 Å². The Balaban J connectivity index is 3.78. The van der Waals surface area contributed by atoms with Crippen molar-refractivity contribution < 1.29 is 22.5 Å². The first kappa shape index (κ1) is 12.5. The molecule has 1 aromatic carbocycles. The highest BCUT2D eigenvalue weighted by atomic mass is 35.7. The maximum atomic E-state index is 13.1. The SMILES string of the molecule is O=Cc1c([N+](=O)[O-])ccc(F)c1S(=O)(=O)Cl. The van der Waals surface area contributed by atoms with Crippen molar-refractivity contribution in [3.63, 3.8) is 0 Å². The lowest BCUT2D eigenvalue weighted by Crippen LogP contribution is -2.05. The van der Waals surface area contributed by atoms with Crippen molar-refractivity contribution in [1.29, 1.82) is 0 Å². The first-order valence-corrected chi connectivity index (χ1v) is 5.96. The lowest BCUT2D eigenvalue weighted by molar-refractivity contribution is -0.385. The Morgan fingerprint density at radius 1 is 1.44 bits per heavy atom. The fourth-order valence-corrected chi connectivity index (χ4v) is 2.27. The molecule has 16 heavy (non-hydrogen) atoms. The Labute approximate surface area is 93.2 Å². The molecule has 0 saturated heterocycles. The van der Waals surface area contributed by atoms with Crippen molar-refractivity contribution in [3.8, 4) is 0 Å². The molecule has 0 spiro atoms. The molecule has 86 valence electrons. The third kappa shape index (κ3) is 2.17. The minimum atomic E-state index is -4.57. The zero-order valence-electron chi connectivity index (χ0n) is 7.38. The third-order valence-corrected chi connectivity index (χ3v) is 3.05. The third-order valence-electron chi connectivity index (χ3n) is 1.68. The summed E-state index contributed by atoms with van der Waals surface area (Å²) in [6.45, 7) is 0. The zero-order chi connectivity index (χ0) is 12.5. The van der Waals surface area contributed by atoms with Crippen molar-refractivity contribution >= 4 is 31.7 Å². The van der Waals surface area contributed by atoms with Gasteiger partial charge in [0.25, 0.3) is 14.7 Å². The summed E-state index contributed by atoms with van der Waals surface area (Å²) in [5, 5.41) is 10.5. The highest BCUT2D eigenvalue weighted by Gasteiger charge is 2.28. The number of nitro benzene ring substituents is 1. The Morgan fingerprint density at radius 3 is 2.38 bits per heavy atom. The molecule has 0 aliphatic heterocycles. The van der Waals surface area contributed by atoms with Crippen LogP contribution < -0.4 is 0 Å². The van der Waals surface area contributed by atoms with E-state index in [2.05, 4.69) is 0 Å². The number of hydrogen-bond donors (Lipinski definition) is 0. The highest BCUT2D eigenvalue weighted by molar-refractivity contribution is 8.13. The zero-order valence-corrected chi connectivity index (χ0v) is 8.96. The van der Waals surface area contributed by atoms with E-state index in [-0.39, 0.29) is 6.29 Å². The molecule has 0 atom stereocenters. The summed E-state index contributed by atoms with van der Waals surface area (Å²) in [4.78, 5) is 18.8. The van der Waals surface area contributed by atoms with Crippen LogP contribution in [0.25, 0.3) is 0 Å². The Morgan fingerprint density at radius 2 is 2.00 bits per heavy atom. The van der Waals surface area contributed by atoms with Crippen LogP contribution in [-0.4, -0.2) is 19.6 Å². The van der Waals surface area contributed by atoms with Crippen LogP contribution in [0.5, 0.6) is 0 Å². The van der Waals surface area contributed by atoms with Crippen molar-refractivity contribution in [1.82, 2.24) is 0 Å². The molecule has 0 unspecified atom stereocenters. The molecule has 9 heteroatoms. The van der Waals surface area contributed by atoms with Gasteiger partial charge in [0.1, 0.15) is 16.3 Å². The fourth-order valence-electron chi connectivity index (χ4n) is 1.08. The fraction of sp³-hybridized carbons (Fsp3) is 0. The van der Waals surface area contributed by atoms with Crippen LogP contribution >= 0.6 is 10.7 Å². The second-order valence-electron chi connectivity index (χ2n) is 2.62. The van der Waals surface area contributed by atoms with E-state index in [1.54, 1.807) is 0 Å². The van der Waals surface area contributed by atoms with Gasteiger partial charge in [-0.15, -0.1) is 0 Å². The molecular weight excluding hydrogens is 265 g/mol. The predicted molar refractivity (Wildman–Crippen MR) is 51.5 cm³/mol. The summed E-state index contributed by atoms with van der Waals surface area (Å²) >= 11 is 0. The van der Waals surface area contributed by atoms with Gasteiger partial charge >= 0.3 is 0 Å². The minimum absolute atomic E-state index is 0.128. The van der Waals surface area contributed by atoms with E-state index < -0.39 is 35.9 Å². The number of halogens is 2. The summed E-state index contributed by atoms with van der Waals surface area (Å²) in [6, 6.07) is 1.24. The quantitative estimate of drug-likeness (QED) is 0.358. The lowest BCUT2D eigenvalue weighted by atomic mass is 10.2. The standard InChI is InChI=1S/C7H3ClFNO5S/c8-16(14,15)7-4(3-11)6(10(12)13)2-1-5(7)9/h1-3H. The molecule has 0 amide bonds. The van der Waals surface area contributed by atoms with Gasteiger partial charge in [-0.1, -0.05) is 0 Å². The van der Waals surface area contributed by atoms with Gasteiger partial charge in [0.2, 0.25) is 0 Å². The summed E-state index contributed by atoms with van der Waals surface area (Å²) in [6.07, 6.45) is -0.128. The van der Waals surface area contributed by atoms with Gasteiger partial charge in [0, 0.05) is 16.7 Å². The van der Waals surface area contributed by atoms with Crippen molar-refractivity contribution in [2.45, 2.75) is 4.90 Å². The lowest BCUT2D eigenvalue weighted by Gasteiger charge is -2.02. The number of carbonyl (C=O) groups is 1. The van der Waals surface area contributed by atoms with Gasteiger partial charge in [0.15, 0.2) is 6.29 Å². The maximum absolute atomic E-state index is 13.1. The van der Waals surface area contributed by atoms with Crippen LogP contribution in [0.4, 0.5) is 10.1 Å². The Hall–Kier alpha value is -1.54. The summed E-state index contributed by atoms with van der Waals surface area (Å²) in [5.41, 5.74) is -1.73. The van der Waals surface area contributed by atoms with Gasteiger partial charge in [-0.25, -0.2) is 12.8 Å². The van der Waals surface area contributed by atoms with E-state index >= 15 is 0 Å². The van der Waals surface area contributed by atoms with Crippen LogP contribution in [0.3, 0.4) is 0 Å². The smallest absolute Gasteiger partial charge is 0.281 e. The van der Waals surface area contributed by atoms with E-state index in [9.17, 15) is 27.7 Å². The second-order valence-corrected chi connectivity index (χ2v) is 5.12. The number of rotatable bonds is 3. The van der Waals surface area contributed by atoms with E-state index in [4.69, 9.17) is 10.7 Å². The average molecular weight is 268 g/mol. The number of benzene rings is 1. The highest BCUT2D eigenvalue weighted by Crippen LogP contribution is 2.29. The van der Waals surface area contributed by atoms with Crippen molar-refractivity contribution in [3.05, 3.63) is 33.6 Å². The summed E-state index contributed by atoms with van der Waals surface area (Å²) in [5.74, 6) is -1.32. The Kier molecular flexibility index (Phi) is 3.24. The molecule has 0 aliphatic rings. The maximum Gasteiger partial charge on any atom is 0.281 e. The first-order valence-electron chi connectivity index (χ1n) is 3.65. The molecule has 0 aliphatic carbocycles. The number of carbonyl (C=O) groups excluding carboxylic acids is 1. The first-order chi connectivity index (χ1) is 7.29. The molecular formula is C7H3ClFNO5S. The van der Waals surface area contributed by atoms with Gasteiger partial charge in [0.05, 0.1) is 4.92 Å². The van der Waals surface area contributed by atoms with E-state index in [1.807, 2.05) is 0 Å². The molecule has 0 saturated carbocycles. The number of nitro groups is 1. The van der Waals surface area contributed by atoms with E-state index in [0.29, 0.717) is 12.1 Å². The van der Waals surface area contributed by atoms with E-state index in [1.165, 1.54) is 0 Å². The van der Waals surface area contributed by atoms with Gasteiger partial charge < -0.3 is 0 Å². The molecule has 0 bridgehead atoms. The van der Waals surface area contributed by atoms with Crippen molar-refractivity contribution in [2.75, 3.05) is 0 Å². The molecule has 6 nitrogen and oxygen atoms in total. The summed E-state index contributed by atoms with van der Waals surface area (Å²) in [7, 11) is 0.304.